The fourth-order valence-electron chi connectivity index (χ4n) is 0.803. The second-order valence-corrected chi connectivity index (χ2v) is 2.64. The maximum atomic E-state index is 10.0. The van der Waals surface area contributed by atoms with Crippen molar-refractivity contribution in [3.8, 4) is 0 Å². The van der Waals surface area contributed by atoms with Gasteiger partial charge in [0.25, 0.3) is 0 Å². The average molecular weight is 180 g/mol. The zero-order chi connectivity index (χ0) is 9.52. The van der Waals surface area contributed by atoms with Crippen LogP contribution in [0.2, 0.25) is 0 Å². The Hall–Kier alpha value is -1.51. The van der Waals surface area contributed by atoms with E-state index in [0.717, 1.165) is 0 Å². The van der Waals surface area contributed by atoms with Crippen molar-refractivity contribution in [2.45, 2.75) is 13.0 Å². The van der Waals surface area contributed by atoms with Crippen molar-refractivity contribution in [2.75, 3.05) is 6.61 Å². The van der Waals surface area contributed by atoms with Crippen LogP contribution in [-0.2, 0) is 9.47 Å². The van der Waals surface area contributed by atoms with Gasteiger partial charge in [-0.3, -0.25) is 0 Å². The van der Waals surface area contributed by atoms with Crippen LogP contribution in [0.15, 0.2) is 36.4 Å². The van der Waals surface area contributed by atoms with Gasteiger partial charge in [-0.1, -0.05) is 36.4 Å². The van der Waals surface area contributed by atoms with Crippen LogP contribution in [0.1, 0.15) is 6.92 Å². The first-order valence-corrected chi connectivity index (χ1v) is 4.12. The van der Waals surface area contributed by atoms with E-state index in [0.29, 0.717) is 6.61 Å². The lowest BCUT2D eigenvalue weighted by atomic mass is 10.4. The molecule has 0 aliphatic carbocycles. The van der Waals surface area contributed by atoms with Gasteiger partial charge < -0.3 is 9.47 Å². The van der Waals surface area contributed by atoms with Crippen molar-refractivity contribution < 1.29 is 14.3 Å². The van der Waals surface area contributed by atoms with Gasteiger partial charge >= 0.3 is 6.16 Å². The maximum absolute atomic E-state index is 10.0. The molecule has 0 bridgehead atoms. The number of hydrogen-bond donors (Lipinski definition) is 0. The number of benzene rings is 1. The zero-order valence-corrected chi connectivity index (χ0v) is 7.47. The van der Waals surface area contributed by atoms with E-state index in [2.05, 4.69) is 9.47 Å². The lowest BCUT2D eigenvalue weighted by molar-refractivity contribution is 0.121. The average Bonchev–Trinajstić information content (AvgIpc) is 2.54. The summed E-state index contributed by atoms with van der Waals surface area (Å²) < 4.78 is 8.90. The first-order valence-electron chi connectivity index (χ1n) is 4.12. The Bertz CT molecular complexity index is 219. The van der Waals surface area contributed by atoms with Gasteiger partial charge in [0, 0.05) is 0 Å². The largest absolute Gasteiger partial charge is 0.508 e. The molecule has 1 heterocycles. The third-order valence-electron chi connectivity index (χ3n) is 1.40. The Morgan fingerprint density at radius 2 is 1.62 bits per heavy atom. The molecule has 0 aromatic heterocycles. The number of rotatable bonds is 0. The molecule has 70 valence electrons. The first-order chi connectivity index (χ1) is 6.29. The quantitative estimate of drug-likeness (QED) is 0.574. The molecule has 2 rings (SSSR count). The van der Waals surface area contributed by atoms with Crippen molar-refractivity contribution in [3.63, 3.8) is 0 Å². The number of carbonyl (C=O) groups excluding carboxylic acids is 1. The van der Waals surface area contributed by atoms with Crippen LogP contribution in [-0.4, -0.2) is 18.9 Å². The van der Waals surface area contributed by atoms with Crippen molar-refractivity contribution in [1.29, 1.82) is 0 Å². The lowest BCUT2D eigenvalue weighted by Gasteiger charge is -1.90. The molecule has 3 nitrogen and oxygen atoms in total. The highest BCUT2D eigenvalue weighted by molar-refractivity contribution is 5.61. The van der Waals surface area contributed by atoms with Gasteiger partial charge in [0.05, 0.1) is 0 Å². The Kier molecular flexibility index (Phi) is 3.82. The van der Waals surface area contributed by atoms with Crippen LogP contribution in [0.25, 0.3) is 0 Å². The van der Waals surface area contributed by atoms with Gasteiger partial charge in [0.2, 0.25) is 0 Å². The van der Waals surface area contributed by atoms with E-state index in [1.807, 2.05) is 36.4 Å². The van der Waals surface area contributed by atoms with E-state index < -0.39 is 6.16 Å². The van der Waals surface area contributed by atoms with Gasteiger partial charge in [0.1, 0.15) is 12.7 Å². The predicted octanol–water partition coefficient (Wildman–Crippen LogP) is 2.23. The van der Waals surface area contributed by atoms with E-state index >= 15 is 0 Å². The summed E-state index contributed by atoms with van der Waals surface area (Å²) in [7, 11) is 0. The Labute approximate surface area is 77.3 Å². The fraction of sp³-hybridized carbons (Fsp3) is 0.300. The molecule has 0 radical (unpaired) electrons. The molecular weight excluding hydrogens is 168 g/mol. The predicted molar refractivity (Wildman–Crippen MR) is 48.3 cm³/mol. The number of carbonyl (C=O) groups is 1. The van der Waals surface area contributed by atoms with E-state index in [4.69, 9.17) is 0 Å². The van der Waals surface area contributed by atoms with Crippen LogP contribution >= 0.6 is 0 Å². The van der Waals surface area contributed by atoms with Crippen molar-refractivity contribution >= 4 is 6.16 Å². The molecule has 0 spiro atoms. The number of ether oxygens (including phenoxy) is 2. The molecule has 1 aromatic carbocycles. The Morgan fingerprint density at radius 1 is 1.15 bits per heavy atom. The summed E-state index contributed by atoms with van der Waals surface area (Å²) >= 11 is 0. The molecule has 1 aliphatic heterocycles. The summed E-state index contributed by atoms with van der Waals surface area (Å²) in [5.74, 6) is 0. The van der Waals surface area contributed by atoms with Crippen LogP contribution < -0.4 is 0 Å². The van der Waals surface area contributed by atoms with E-state index in [-0.39, 0.29) is 6.10 Å². The highest BCUT2D eigenvalue weighted by atomic mass is 16.8. The third kappa shape index (κ3) is 4.15. The molecule has 1 unspecified atom stereocenters. The standard InChI is InChI=1S/C6H6.C4H6O3/c1-2-4-6-5-3-1;1-3-2-6-4(5)7-3/h1-6H;3H,2H2,1H3. The monoisotopic (exact) mass is 180 g/mol. The van der Waals surface area contributed by atoms with Crippen molar-refractivity contribution in [1.82, 2.24) is 0 Å². The van der Waals surface area contributed by atoms with Crippen LogP contribution in [0, 0.1) is 0 Å². The van der Waals surface area contributed by atoms with E-state index in [1.165, 1.54) is 0 Å². The third-order valence-corrected chi connectivity index (χ3v) is 1.40. The van der Waals surface area contributed by atoms with Gasteiger partial charge in [-0.25, -0.2) is 4.79 Å². The minimum absolute atomic E-state index is 0.0486. The molecule has 0 amide bonds. The van der Waals surface area contributed by atoms with Crippen LogP contribution in [0.3, 0.4) is 0 Å². The summed E-state index contributed by atoms with van der Waals surface area (Å²) in [5, 5.41) is 0. The molecule has 1 aliphatic rings. The van der Waals surface area contributed by atoms with E-state index in [9.17, 15) is 4.79 Å². The van der Waals surface area contributed by atoms with Crippen molar-refractivity contribution in [2.24, 2.45) is 0 Å². The summed E-state index contributed by atoms with van der Waals surface area (Å²) in [6, 6.07) is 12.0. The molecule has 1 atom stereocenters. The number of cyclic esters (lactones) is 2. The zero-order valence-electron chi connectivity index (χ0n) is 7.47. The molecule has 1 fully saturated rings. The smallest absolute Gasteiger partial charge is 0.430 e. The van der Waals surface area contributed by atoms with Crippen LogP contribution in [0.5, 0.6) is 0 Å². The Morgan fingerprint density at radius 3 is 1.77 bits per heavy atom. The maximum Gasteiger partial charge on any atom is 0.508 e. The summed E-state index contributed by atoms with van der Waals surface area (Å²) in [5.41, 5.74) is 0. The minimum atomic E-state index is -0.549. The molecule has 1 saturated heterocycles. The normalized spacial score (nSPS) is 19.5. The van der Waals surface area contributed by atoms with Gasteiger partial charge in [0.15, 0.2) is 0 Å². The first kappa shape index (κ1) is 9.58. The topological polar surface area (TPSA) is 35.5 Å². The molecule has 0 N–H and O–H groups in total. The second-order valence-electron chi connectivity index (χ2n) is 2.64. The molecular formula is C10H12O3. The minimum Gasteiger partial charge on any atom is -0.430 e. The molecule has 13 heavy (non-hydrogen) atoms. The van der Waals surface area contributed by atoms with Gasteiger partial charge in [-0.05, 0) is 6.92 Å². The molecule has 0 saturated carbocycles. The Balaban J connectivity index is 0.000000132. The molecule has 3 heteroatoms. The van der Waals surface area contributed by atoms with Crippen LogP contribution in [0.4, 0.5) is 4.79 Å². The highest BCUT2D eigenvalue weighted by Gasteiger charge is 2.19. The van der Waals surface area contributed by atoms with Crippen molar-refractivity contribution in [3.05, 3.63) is 36.4 Å². The van der Waals surface area contributed by atoms with E-state index in [1.54, 1.807) is 6.92 Å². The summed E-state index contributed by atoms with van der Waals surface area (Å²) in [4.78, 5) is 10.0. The summed E-state index contributed by atoms with van der Waals surface area (Å²) in [6.07, 6.45) is -0.597. The summed E-state index contributed by atoms with van der Waals surface area (Å²) in [6.45, 7) is 2.18. The SMILES string of the molecule is CC1COC(=O)O1.c1ccccc1. The number of hydrogen-bond acceptors (Lipinski definition) is 3. The second kappa shape index (κ2) is 5.19. The fourth-order valence-corrected chi connectivity index (χ4v) is 0.803. The van der Waals surface area contributed by atoms with Gasteiger partial charge in [-0.15, -0.1) is 0 Å². The lowest BCUT2D eigenvalue weighted by Crippen LogP contribution is -2.01. The molecule has 1 aromatic rings. The highest BCUT2D eigenvalue weighted by Crippen LogP contribution is 2.02. The van der Waals surface area contributed by atoms with Gasteiger partial charge in [-0.2, -0.15) is 0 Å².